The summed E-state index contributed by atoms with van der Waals surface area (Å²) in [5.41, 5.74) is 8.42. The highest BCUT2D eigenvalue weighted by molar-refractivity contribution is 5.79. The molecule has 5 heteroatoms. The summed E-state index contributed by atoms with van der Waals surface area (Å²) in [6, 6.07) is 12.1. The molecule has 2 aromatic rings. The highest BCUT2D eigenvalue weighted by Gasteiger charge is 2.29. The predicted molar refractivity (Wildman–Crippen MR) is 106 cm³/mol. The summed E-state index contributed by atoms with van der Waals surface area (Å²) in [6.45, 7) is 1.31. The molecule has 1 heterocycles. The van der Waals surface area contributed by atoms with Crippen molar-refractivity contribution in [2.75, 3.05) is 13.7 Å². The lowest BCUT2D eigenvalue weighted by atomic mass is 9.85. The van der Waals surface area contributed by atoms with Crippen molar-refractivity contribution in [1.29, 1.82) is 0 Å². The van der Waals surface area contributed by atoms with Gasteiger partial charge in [0.1, 0.15) is 5.75 Å². The predicted octanol–water partition coefficient (Wildman–Crippen LogP) is 3.18. The number of hydrogen-bond donors (Lipinski definition) is 1. The molecule has 5 nitrogen and oxygen atoms in total. The molecule has 2 N–H and O–H groups in total. The van der Waals surface area contributed by atoms with E-state index in [0.717, 1.165) is 43.4 Å². The zero-order valence-electron chi connectivity index (χ0n) is 16.0. The Kier molecular flexibility index (Phi) is 6.82. The third-order valence-corrected chi connectivity index (χ3v) is 5.33. The van der Waals surface area contributed by atoms with E-state index in [9.17, 15) is 4.79 Å². The smallest absolute Gasteiger partial charge is 0.226 e. The lowest BCUT2D eigenvalue weighted by Crippen LogP contribution is -2.41. The highest BCUT2D eigenvalue weighted by Crippen LogP contribution is 2.26. The van der Waals surface area contributed by atoms with E-state index in [4.69, 9.17) is 10.5 Å². The van der Waals surface area contributed by atoms with Crippen LogP contribution in [-0.2, 0) is 17.8 Å². The third-order valence-electron chi connectivity index (χ3n) is 5.33. The van der Waals surface area contributed by atoms with Gasteiger partial charge in [-0.25, -0.2) is 0 Å². The average molecular weight is 367 g/mol. The second-order valence-electron chi connectivity index (χ2n) is 7.34. The van der Waals surface area contributed by atoms with E-state index in [1.165, 1.54) is 5.56 Å². The van der Waals surface area contributed by atoms with Gasteiger partial charge in [-0.2, -0.15) is 0 Å². The Morgan fingerprint density at radius 3 is 2.56 bits per heavy atom. The Morgan fingerprint density at radius 2 is 1.89 bits per heavy atom. The van der Waals surface area contributed by atoms with E-state index < -0.39 is 0 Å². The van der Waals surface area contributed by atoms with Crippen LogP contribution >= 0.6 is 0 Å². The van der Waals surface area contributed by atoms with Gasteiger partial charge in [-0.05, 0) is 61.1 Å². The molecular weight excluding hydrogens is 338 g/mol. The fraction of sp³-hybridized carbons (Fsp3) is 0.455. The number of nitrogens with zero attached hydrogens (tertiary/aromatic N) is 2. The van der Waals surface area contributed by atoms with Crippen molar-refractivity contribution in [3.63, 3.8) is 0 Å². The van der Waals surface area contributed by atoms with Gasteiger partial charge < -0.3 is 15.4 Å². The third kappa shape index (κ3) is 5.54. The molecule has 3 rings (SSSR count). The molecule has 2 atom stereocenters. The topological polar surface area (TPSA) is 68.5 Å². The van der Waals surface area contributed by atoms with Gasteiger partial charge in [0, 0.05) is 37.4 Å². The second-order valence-corrected chi connectivity index (χ2v) is 7.34. The Hall–Kier alpha value is -2.40. The first-order valence-electron chi connectivity index (χ1n) is 9.72. The molecule has 1 amide bonds. The molecule has 1 aliphatic carbocycles. The van der Waals surface area contributed by atoms with Crippen LogP contribution in [0, 0.1) is 5.92 Å². The standard InChI is InChI=1S/C22H29N3O2/c1-27-21-7-5-17(6-8-21)11-14-25(16-18-9-12-24-13-10-18)22(26)19-3-2-4-20(23)15-19/h5-10,12-13,19-20H,2-4,11,14-16,23H2,1H3/t19-,20+/m1/s1. The van der Waals surface area contributed by atoms with Crippen LogP contribution in [0.3, 0.4) is 0 Å². The SMILES string of the molecule is COc1ccc(CCN(Cc2ccncc2)C(=O)[C@@H]2CCC[C@H](N)C2)cc1. The molecule has 0 saturated heterocycles. The molecule has 0 aliphatic heterocycles. The number of rotatable bonds is 7. The molecule has 1 aromatic heterocycles. The van der Waals surface area contributed by atoms with Crippen LogP contribution < -0.4 is 10.5 Å². The van der Waals surface area contributed by atoms with Gasteiger partial charge in [0.2, 0.25) is 5.91 Å². The second kappa shape index (κ2) is 9.51. The van der Waals surface area contributed by atoms with Crippen LogP contribution in [-0.4, -0.2) is 35.5 Å². The van der Waals surface area contributed by atoms with Crippen molar-refractivity contribution in [2.24, 2.45) is 11.7 Å². The van der Waals surface area contributed by atoms with Crippen molar-refractivity contribution < 1.29 is 9.53 Å². The average Bonchev–Trinajstić information content (AvgIpc) is 2.71. The monoisotopic (exact) mass is 367 g/mol. The number of carbonyl (C=O) groups excluding carboxylic acids is 1. The number of benzene rings is 1. The van der Waals surface area contributed by atoms with E-state index in [2.05, 4.69) is 17.1 Å². The molecule has 0 bridgehead atoms. The Balaban J connectivity index is 1.69. The number of amides is 1. The van der Waals surface area contributed by atoms with Crippen LogP contribution in [0.4, 0.5) is 0 Å². The van der Waals surface area contributed by atoms with E-state index in [-0.39, 0.29) is 17.9 Å². The maximum atomic E-state index is 13.2. The molecule has 0 unspecified atom stereocenters. The largest absolute Gasteiger partial charge is 0.497 e. The number of methoxy groups -OCH3 is 1. The number of hydrogen-bond acceptors (Lipinski definition) is 4. The lowest BCUT2D eigenvalue weighted by Gasteiger charge is -2.31. The van der Waals surface area contributed by atoms with Gasteiger partial charge in [-0.15, -0.1) is 0 Å². The van der Waals surface area contributed by atoms with Crippen LogP contribution in [0.2, 0.25) is 0 Å². The minimum Gasteiger partial charge on any atom is -0.497 e. The summed E-state index contributed by atoms with van der Waals surface area (Å²) in [7, 11) is 1.67. The van der Waals surface area contributed by atoms with Gasteiger partial charge in [0.25, 0.3) is 0 Å². The Morgan fingerprint density at radius 1 is 1.15 bits per heavy atom. The molecule has 1 aromatic carbocycles. The van der Waals surface area contributed by atoms with Crippen LogP contribution in [0.15, 0.2) is 48.8 Å². The zero-order chi connectivity index (χ0) is 19.1. The summed E-state index contributed by atoms with van der Waals surface area (Å²) >= 11 is 0. The van der Waals surface area contributed by atoms with E-state index >= 15 is 0 Å². The number of ether oxygens (including phenoxy) is 1. The number of aromatic nitrogens is 1. The van der Waals surface area contributed by atoms with Gasteiger partial charge in [0.05, 0.1) is 7.11 Å². The molecule has 1 saturated carbocycles. The summed E-state index contributed by atoms with van der Waals surface area (Å²) < 4.78 is 5.22. The highest BCUT2D eigenvalue weighted by atomic mass is 16.5. The molecule has 1 aliphatic rings. The van der Waals surface area contributed by atoms with Crippen LogP contribution in [0.5, 0.6) is 5.75 Å². The Bertz CT molecular complexity index is 718. The van der Waals surface area contributed by atoms with Crippen molar-refractivity contribution in [1.82, 2.24) is 9.88 Å². The molecule has 1 fully saturated rings. The maximum absolute atomic E-state index is 13.2. The summed E-state index contributed by atoms with van der Waals surface area (Å²) in [5.74, 6) is 1.13. The van der Waals surface area contributed by atoms with Crippen molar-refractivity contribution in [2.45, 2.75) is 44.7 Å². The molecular formula is C22H29N3O2. The van der Waals surface area contributed by atoms with Gasteiger partial charge in [0.15, 0.2) is 0 Å². The minimum atomic E-state index is 0.0476. The van der Waals surface area contributed by atoms with Gasteiger partial charge in [-0.1, -0.05) is 18.6 Å². The van der Waals surface area contributed by atoms with Gasteiger partial charge in [-0.3, -0.25) is 9.78 Å². The Labute approximate surface area is 161 Å². The van der Waals surface area contributed by atoms with Crippen LogP contribution in [0.1, 0.15) is 36.8 Å². The van der Waals surface area contributed by atoms with E-state index in [0.29, 0.717) is 13.1 Å². The fourth-order valence-corrected chi connectivity index (χ4v) is 3.74. The first kappa shape index (κ1) is 19.4. The summed E-state index contributed by atoms with van der Waals surface area (Å²) in [6.07, 6.45) is 8.19. The lowest BCUT2D eigenvalue weighted by molar-refractivity contribution is -0.137. The molecule has 27 heavy (non-hydrogen) atoms. The first-order valence-corrected chi connectivity index (χ1v) is 9.72. The summed E-state index contributed by atoms with van der Waals surface area (Å²) in [4.78, 5) is 19.3. The fourth-order valence-electron chi connectivity index (χ4n) is 3.74. The summed E-state index contributed by atoms with van der Waals surface area (Å²) in [5, 5.41) is 0. The van der Waals surface area contributed by atoms with E-state index in [1.807, 2.05) is 29.2 Å². The molecule has 0 spiro atoms. The van der Waals surface area contributed by atoms with Gasteiger partial charge >= 0.3 is 0 Å². The van der Waals surface area contributed by atoms with Crippen molar-refractivity contribution in [3.05, 3.63) is 59.9 Å². The zero-order valence-corrected chi connectivity index (χ0v) is 16.0. The number of carbonyl (C=O) groups is 1. The quantitative estimate of drug-likeness (QED) is 0.816. The van der Waals surface area contributed by atoms with E-state index in [1.54, 1.807) is 19.5 Å². The normalized spacial score (nSPS) is 19.5. The first-order chi connectivity index (χ1) is 13.2. The minimum absolute atomic E-state index is 0.0476. The molecule has 0 radical (unpaired) electrons. The van der Waals surface area contributed by atoms with Crippen LogP contribution in [0.25, 0.3) is 0 Å². The maximum Gasteiger partial charge on any atom is 0.226 e. The van der Waals surface area contributed by atoms with Crippen molar-refractivity contribution >= 4 is 5.91 Å². The van der Waals surface area contributed by atoms with Crippen molar-refractivity contribution in [3.8, 4) is 5.75 Å². The number of nitrogens with two attached hydrogens (primary N) is 1. The number of pyridine rings is 1. The molecule has 144 valence electrons.